The third kappa shape index (κ3) is 3.61. The van der Waals surface area contributed by atoms with Crippen LogP contribution in [0.25, 0.3) is 0 Å². The SMILES string of the molecule is CO[C@@H]1O[C@@]2(OC)C[C@@H](OC)[C@@H](C)[C@H]2[C@H]2[C@H]1[C@H](O)C[C@H]2/C(C)=C\CC=C(C)C. The molecule has 5 heteroatoms. The van der Waals surface area contributed by atoms with E-state index < -0.39 is 18.2 Å². The molecule has 2 aliphatic carbocycles. The topological polar surface area (TPSA) is 57.2 Å². The average Bonchev–Trinajstić information content (AvgIpc) is 3.15. The molecule has 160 valence electrons. The predicted molar refractivity (Wildman–Crippen MR) is 109 cm³/mol. The molecule has 0 amide bonds. The van der Waals surface area contributed by atoms with Crippen LogP contribution in [0.4, 0.5) is 0 Å². The minimum Gasteiger partial charge on any atom is -0.393 e. The van der Waals surface area contributed by atoms with E-state index in [9.17, 15) is 5.11 Å². The molecule has 0 aromatic heterocycles. The summed E-state index contributed by atoms with van der Waals surface area (Å²) in [6.07, 6.45) is 6.10. The number of hydrogen-bond acceptors (Lipinski definition) is 5. The smallest absolute Gasteiger partial charge is 0.176 e. The number of fused-ring (bicyclic) bond motifs is 3. The van der Waals surface area contributed by atoms with Crippen LogP contribution in [0.15, 0.2) is 23.3 Å². The number of methoxy groups -OCH3 is 3. The Morgan fingerprint density at radius 2 is 1.82 bits per heavy atom. The first-order chi connectivity index (χ1) is 13.3. The molecular formula is C23H38O5. The van der Waals surface area contributed by atoms with Gasteiger partial charge >= 0.3 is 0 Å². The monoisotopic (exact) mass is 394 g/mol. The molecule has 0 aromatic carbocycles. The highest BCUT2D eigenvalue weighted by molar-refractivity contribution is 5.18. The van der Waals surface area contributed by atoms with Gasteiger partial charge in [-0.1, -0.05) is 30.2 Å². The largest absolute Gasteiger partial charge is 0.393 e. The first-order valence-electron chi connectivity index (χ1n) is 10.6. The number of aliphatic hydroxyl groups excluding tert-OH is 1. The van der Waals surface area contributed by atoms with Crippen LogP contribution in [0, 0.1) is 29.6 Å². The molecule has 3 aliphatic rings. The zero-order chi connectivity index (χ0) is 20.6. The number of hydrogen-bond donors (Lipinski definition) is 1. The van der Waals surface area contributed by atoms with E-state index in [0.717, 1.165) is 12.8 Å². The lowest BCUT2D eigenvalue weighted by Gasteiger charge is -2.50. The second kappa shape index (κ2) is 8.57. The van der Waals surface area contributed by atoms with Gasteiger partial charge in [-0.2, -0.15) is 0 Å². The predicted octanol–water partition coefficient (Wildman–Crippen LogP) is 3.92. The van der Waals surface area contributed by atoms with Crippen molar-refractivity contribution in [3.8, 4) is 0 Å². The molecule has 5 nitrogen and oxygen atoms in total. The normalized spacial score (nSPS) is 45.6. The molecule has 28 heavy (non-hydrogen) atoms. The summed E-state index contributed by atoms with van der Waals surface area (Å²) in [4.78, 5) is 0. The molecule has 3 fully saturated rings. The highest BCUT2D eigenvalue weighted by Crippen LogP contribution is 2.61. The van der Waals surface area contributed by atoms with Gasteiger partial charge in [0.1, 0.15) is 0 Å². The lowest BCUT2D eigenvalue weighted by Crippen LogP contribution is -2.57. The molecule has 1 saturated heterocycles. The molecule has 1 N–H and O–H groups in total. The number of allylic oxidation sites excluding steroid dienone is 4. The van der Waals surface area contributed by atoms with Gasteiger partial charge in [0.05, 0.1) is 12.2 Å². The highest BCUT2D eigenvalue weighted by atomic mass is 16.8. The Labute approximate surface area is 170 Å². The Morgan fingerprint density at radius 3 is 2.39 bits per heavy atom. The van der Waals surface area contributed by atoms with E-state index in [4.69, 9.17) is 18.9 Å². The summed E-state index contributed by atoms with van der Waals surface area (Å²) in [5.74, 6) is 0.218. The quantitative estimate of drug-likeness (QED) is 0.692. The minimum absolute atomic E-state index is 0.0480. The number of rotatable bonds is 6. The summed E-state index contributed by atoms with van der Waals surface area (Å²) < 4.78 is 23.9. The first-order valence-corrected chi connectivity index (χ1v) is 10.6. The second-order valence-corrected chi connectivity index (χ2v) is 9.13. The Hall–Kier alpha value is -0.720. The van der Waals surface area contributed by atoms with Gasteiger partial charge in [0.15, 0.2) is 12.1 Å². The highest BCUT2D eigenvalue weighted by Gasteiger charge is 2.67. The zero-order valence-corrected chi connectivity index (χ0v) is 18.5. The fourth-order valence-corrected chi connectivity index (χ4v) is 6.12. The first kappa shape index (κ1) is 22.0. The van der Waals surface area contributed by atoms with E-state index in [0.29, 0.717) is 12.3 Å². The maximum Gasteiger partial charge on any atom is 0.176 e. The van der Waals surface area contributed by atoms with Gasteiger partial charge in [-0.25, -0.2) is 0 Å². The van der Waals surface area contributed by atoms with Gasteiger partial charge in [0, 0.05) is 39.6 Å². The third-order valence-electron chi connectivity index (χ3n) is 7.47. The molecule has 0 spiro atoms. The van der Waals surface area contributed by atoms with Gasteiger partial charge < -0.3 is 24.1 Å². The zero-order valence-electron chi connectivity index (χ0n) is 18.5. The van der Waals surface area contributed by atoms with Crippen molar-refractivity contribution in [1.29, 1.82) is 0 Å². The summed E-state index contributed by atoms with van der Waals surface area (Å²) >= 11 is 0. The van der Waals surface area contributed by atoms with Crippen LogP contribution < -0.4 is 0 Å². The molecule has 0 bridgehead atoms. The molecule has 0 radical (unpaired) electrons. The molecule has 3 rings (SSSR count). The van der Waals surface area contributed by atoms with Gasteiger partial charge in [0.2, 0.25) is 0 Å². The summed E-state index contributed by atoms with van der Waals surface area (Å²) in [5, 5.41) is 11.0. The van der Waals surface area contributed by atoms with Gasteiger partial charge in [-0.15, -0.1) is 0 Å². The van der Waals surface area contributed by atoms with E-state index in [1.54, 1.807) is 21.3 Å². The van der Waals surface area contributed by atoms with Crippen molar-refractivity contribution in [2.45, 2.75) is 71.2 Å². The van der Waals surface area contributed by atoms with E-state index in [1.165, 1.54) is 11.1 Å². The molecule has 0 aromatic rings. The lowest BCUT2D eigenvalue weighted by atomic mass is 9.68. The number of ether oxygens (including phenoxy) is 4. The molecule has 0 unspecified atom stereocenters. The van der Waals surface area contributed by atoms with Crippen molar-refractivity contribution in [2.24, 2.45) is 29.6 Å². The third-order valence-corrected chi connectivity index (χ3v) is 7.47. The fraction of sp³-hybridized carbons (Fsp3) is 0.826. The molecular weight excluding hydrogens is 356 g/mol. The standard InChI is InChI=1S/C23H38O5/c1-13(2)9-8-10-14(3)16-11-17(24)20-19(16)21-15(4)18(25-5)12-23(21,27-7)28-22(20)26-6/h9-10,15-22,24H,8,11-12H2,1-7H3/b14-10-/t15-,16+,17-,18-,19-,20-,21+,22-,23+/m1/s1. The molecule has 1 aliphatic heterocycles. The van der Waals surface area contributed by atoms with Crippen LogP contribution in [-0.2, 0) is 18.9 Å². The summed E-state index contributed by atoms with van der Waals surface area (Å²) in [7, 11) is 5.15. The maximum absolute atomic E-state index is 11.0. The van der Waals surface area contributed by atoms with E-state index in [1.807, 2.05) is 0 Å². The summed E-state index contributed by atoms with van der Waals surface area (Å²) in [6, 6.07) is 0. The van der Waals surface area contributed by atoms with Crippen molar-refractivity contribution < 1.29 is 24.1 Å². The van der Waals surface area contributed by atoms with Crippen LogP contribution in [0.1, 0.15) is 47.0 Å². The second-order valence-electron chi connectivity index (χ2n) is 9.13. The van der Waals surface area contributed by atoms with E-state index in [-0.39, 0.29) is 29.8 Å². The Morgan fingerprint density at radius 1 is 1.11 bits per heavy atom. The molecule has 2 saturated carbocycles. The Bertz CT molecular complexity index is 610. The minimum atomic E-state index is -0.718. The van der Waals surface area contributed by atoms with Crippen LogP contribution in [0.3, 0.4) is 0 Å². The van der Waals surface area contributed by atoms with Crippen molar-refractivity contribution in [3.05, 3.63) is 23.3 Å². The molecule has 1 heterocycles. The lowest BCUT2D eigenvalue weighted by molar-refractivity contribution is -0.368. The van der Waals surface area contributed by atoms with Crippen LogP contribution in [-0.4, -0.2) is 50.7 Å². The van der Waals surface area contributed by atoms with E-state index >= 15 is 0 Å². The summed E-state index contributed by atoms with van der Waals surface area (Å²) in [5.41, 5.74) is 2.67. The van der Waals surface area contributed by atoms with Crippen molar-refractivity contribution >= 4 is 0 Å². The Balaban J connectivity index is 1.99. The Kier molecular flexibility index (Phi) is 6.72. The number of aliphatic hydroxyl groups is 1. The fourth-order valence-electron chi connectivity index (χ4n) is 6.12. The van der Waals surface area contributed by atoms with Crippen molar-refractivity contribution in [2.75, 3.05) is 21.3 Å². The van der Waals surface area contributed by atoms with Crippen LogP contribution in [0.2, 0.25) is 0 Å². The van der Waals surface area contributed by atoms with Gasteiger partial charge in [0.25, 0.3) is 0 Å². The average molecular weight is 395 g/mol. The maximum atomic E-state index is 11.0. The van der Waals surface area contributed by atoms with Crippen molar-refractivity contribution in [3.63, 3.8) is 0 Å². The van der Waals surface area contributed by atoms with Gasteiger partial charge in [-0.3, -0.25) is 0 Å². The molecule has 9 atom stereocenters. The van der Waals surface area contributed by atoms with Crippen LogP contribution >= 0.6 is 0 Å². The van der Waals surface area contributed by atoms with E-state index in [2.05, 4.69) is 39.8 Å². The summed E-state index contributed by atoms with van der Waals surface area (Å²) in [6.45, 7) is 8.69. The van der Waals surface area contributed by atoms with Crippen molar-refractivity contribution in [1.82, 2.24) is 0 Å². The van der Waals surface area contributed by atoms with Crippen LogP contribution in [0.5, 0.6) is 0 Å². The van der Waals surface area contributed by atoms with Gasteiger partial charge in [-0.05, 0) is 51.4 Å².